The fourth-order valence-electron chi connectivity index (χ4n) is 1.78. The van der Waals surface area contributed by atoms with Crippen molar-refractivity contribution in [1.29, 1.82) is 0 Å². The summed E-state index contributed by atoms with van der Waals surface area (Å²) in [5, 5.41) is 16.8. The van der Waals surface area contributed by atoms with Crippen LogP contribution in [-0.2, 0) is 16.6 Å². The highest BCUT2D eigenvalue weighted by atomic mass is 32.2. The van der Waals surface area contributed by atoms with Crippen molar-refractivity contribution in [2.75, 3.05) is 13.2 Å². The molecule has 0 aliphatic rings. The Morgan fingerprint density at radius 3 is 2.63 bits per heavy atom. The number of aliphatic hydroxyl groups excluding tert-OH is 1. The molecule has 4 N–H and O–H groups in total. The van der Waals surface area contributed by atoms with Gasteiger partial charge in [0, 0.05) is 13.2 Å². The van der Waals surface area contributed by atoms with Crippen molar-refractivity contribution in [3.05, 3.63) is 17.9 Å². The predicted octanol–water partition coefficient (Wildman–Crippen LogP) is 0.815. The van der Waals surface area contributed by atoms with Gasteiger partial charge in [0.2, 0.25) is 5.09 Å². The van der Waals surface area contributed by atoms with Crippen molar-refractivity contribution >= 4 is 10.0 Å². The molecule has 0 amide bonds. The second kappa shape index (κ2) is 6.51. The molecule has 0 bridgehead atoms. The van der Waals surface area contributed by atoms with E-state index in [1.807, 2.05) is 0 Å². The summed E-state index contributed by atoms with van der Waals surface area (Å²) in [5.41, 5.74) is 0.0676. The van der Waals surface area contributed by atoms with Crippen LogP contribution in [0.3, 0.4) is 0 Å². The molecule has 0 aliphatic carbocycles. The molecule has 1 aromatic heterocycles. The van der Waals surface area contributed by atoms with Gasteiger partial charge in [-0.15, -0.1) is 0 Å². The average Bonchev–Trinajstić information content (AvgIpc) is 2.74. The molecule has 0 radical (unpaired) electrons. The summed E-state index contributed by atoms with van der Waals surface area (Å²) in [5.74, 6) is 0.530. The molecule has 6 nitrogen and oxygen atoms in total. The highest BCUT2D eigenvalue weighted by Crippen LogP contribution is 2.21. The van der Waals surface area contributed by atoms with Crippen molar-refractivity contribution in [3.63, 3.8) is 0 Å². The van der Waals surface area contributed by atoms with Crippen LogP contribution in [0.1, 0.15) is 32.4 Å². The Labute approximate surface area is 114 Å². The van der Waals surface area contributed by atoms with E-state index in [-0.39, 0.29) is 17.1 Å². The van der Waals surface area contributed by atoms with E-state index in [2.05, 4.69) is 19.2 Å². The van der Waals surface area contributed by atoms with Gasteiger partial charge in [0.25, 0.3) is 10.0 Å². The van der Waals surface area contributed by atoms with Crippen molar-refractivity contribution in [2.24, 2.45) is 10.6 Å². The van der Waals surface area contributed by atoms with Gasteiger partial charge in [-0.2, -0.15) is 0 Å². The smallest absolute Gasteiger partial charge is 0.271 e. The molecule has 0 atom stereocenters. The second-order valence-electron chi connectivity index (χ2n) is 5.36. The molecule has 0 aromatic carbocycles. The standard InChI is InChI=1S/C12H22N2O4S/c1-12(2,6-3-7-15)9-14-8-10-4-5-11(18-10)19(13,16)17/h4-5,14-15H,3,6-9H2,1-2H3,(H2,13,16,17). The van der Waals surface area contributed by atoms with E-state index in [0.717, 1.165) is 19.4 Å². The first-order valence-electron chi connectivity index (χ1n) is 6.18. The van der Waals surface area contributed by atoms with Gasteiger partial charge in [-0.3, -0.25) is 0 Å². The molecule has 1 rings (SSSR count). The minimum Gasteiger partial charge on any atom is -0.447 e. The van der Waals surface area contributed by atoms with E-state index in [1.54, 1.807) is 6.07 Å². The van der Waals surface area contributed by atoms with Crippen LogP contribution in [0.15, 0.2) is 21.6 Å². The van der Waals surface area contributed by atoms with Gasteiger partial charge in [-0.1, -0.05) is 13.8 Å². The third kappa shape index (κ3) is 5.73. The zero-order chi connectivity index (χ0) is 14.5. The topological polar surface area (TPSA) is 106 Å². The third-order valence-corrected chi connectivity index (χ3v) is 3.61. The third-order valence-electron chi connectivity index (χ3n) is 2.83. The first kappa shape index (κ1) is 16.2. The predicted molar refractivity (Wildman–Crippen MR) is 71.9 cm³/mol. The molecule has 0 saturated carbocycles. The van der Waals surface area contributed by atoms with E-state index >= 15 is 0 Å². The minimum absolute atomic E-state index is 0.0676. The lowest BCUT2D eigenvalue weighted by Gasteiger charge is -2.24. The lowest BCUT2D eigenvalue weighted by atomic mass is 9.88. The molecular formula is C12H22N2O4S. The normalized spacial score (nSPS) is 12.8. The zero-order valence-electron chi connectivity index (χ0n) is 11.3. The SMILES string of the molecule is CC(C)(CCCO)CNCc1ccc(S(N)(=O)=O)o1. The van der Waals surface area contributed by atoms with Crippen LogP contribution in [-0.4, -0.2) is 26.7 Å². The van der Waals surface area contributed by atoms with E-state index in [0.29, 0.717) is 12.3 Å². The molecule has 0 saturated heterocycles. The zero-order valence-corrected chi connectivity index (χ0v) is 12.2. The van der Waals surface area contributed by atoms with Crippen molar-refractivity contribution in [3.8, 4) is 0 Å². The maximum absolute atomic E-state index is 11.0. The van der Waals surface area contributed by atoms with E-state index in [9.17, 15) is 8.42 Å². The Kier molecular flexibility index (Phi) is 5.54. The number of hydrogen-bond acceptors (Lipinski definition) is 5. The van der Waals surface area contributed by atoms with Crippen LogP contribution in [0.5, 0.6) is 0 Å². The van der Waals surface area contributed by atoms with E-state index in [4.69, 9.17) is 14.7 Å². The van der Waals surface area contributed by atoms with Gasteiger partial charge in [-0.25, -0.2) is 13.6 Å². The van der Waals surface area contributed by atoms with E-state index in [1.165, 1.54) is 6.07 Å². The first-order valence-corrected chi connectivity index (χ1v) is 7.72. The van der Waals surface area contributed by atoms with Crippen molar-refractivity contribution in [2.45, 2.75) is 38.3 Å². The monoisotopic (exact) mass is 290 g/mol. The largest absolute Gasteiger partial charge is 0.447 e. The molecule has 0 spiro atoms. The summed E-state index contributed by atoms with van der Waals surface area (Å²) in [7, 11) is -3.77. The van der Waals surface area contributed by atoms with Crippen LogP contribution in [0, 0.1) is 5.41 Å². The Morgan fingerprint density at radius 1 is 1.42 bits per heavy atom. The maximum atomic E-state index is 11.0. The molecule has 0 fully saturated rings. The molecule has 7 heteroatoms. The molecule has 19 heavy (non-hydrogen) atoms. The van der Waals surface area contributed by atoms with Crippen molar-refractivity contribution < 1.29 is 17.9 Å². The number of aliphatic hydroxyl groups is 1. The number of furan rings is 1. The summed E-state index contributed by atoms with van der Waals surface area (Å²) in [6.45, 7) is 5.59. The molecule has 1 aromatic rings. The van der Waals surface area contributed by atoms with Crippen LogP contribution in [0.2, 0.25) is 0 Å². The first-order chi connectivity index (χ1) is 8.74. The summed E-state index contributed by atoms with van der Waals surface area (Å²) < 4.78 is 27.2. The van der Waals surface area contributed by atoms with Crippen LogP contribution < -0.4 is 10.5 Å². The van der Waals surface area contributed by atoms with E-state index < -0.39 is 10.0 Å². The summed E-state index contributed by atoms with van der Waals surface area (Å²) in [6, 6.07) is 2.94. The van der Waals surface area contributed by atoms with Crippen LogP contribution in [0.25, 0.3) is 0 Å². The number of nitrogens with two attached hydrogens (primary N) is 1. The highest BCUT2D eigenvalue weighted by molar-refractivity contribution is 7.89. The fraction of sp³-hybridized carbons (Fsp3) is 0.667. The Bertz CT molecular complexity index is 494. The summed E-state index contributed by atoms with van der Waals surface area (Å²) >= 11 is 0. The van der Waals surface area contributed by atoms with Crippen LogP contribution >= 0.6 is 0 Å². The molecule has 1 heterocycles. The Balaban J connectivity index is 2.43. The Hall–Kier alpha value is -0.890. The minimum atomic E-state index is -3.77. The lowest BCUT2D eigenvalue weighted by Crippen LogP contribution is -2.29. The molecule has 0 unspecified atom stereocenters. The van der Waals surface area contributed by atoms with Crippen molar-refractivity contribution in [1.82, 2.24) is 5.32 Å². The molecule has 110 valence electrons. The highest BCUT2D eigenvalue weighted by Gasteiger charge is 2.17. The summed E-state index contributed by atoms with van der Waals surface area (Å²) in [6.07, 6.45) is 1.68. The second-order valence-corrected chi connectivity index (χ2v) is 6.85. The van der Waals surface area contributed by atoms with Gasteiger partial charge < -0.3 is 14.8 Å². The number of hydrogen-bond donors (Lipinski definition) is 3. The number of sulfonamides is 1. The summed E-state index contributed by atoms with van der Waals surface area (Å²) in [4.78, 5) is 0. The average molecular weight is 290 g/mol. The number of primary sulfonamides is 1. The quantitative estimate of drug-likeness (QED) is 0.657. The van der Waals surface area contributed by atoms with Gasteiger partial charge in [0.1, 0.15) is 5.76 Å². The number of nitrogens with one attached hydrogen (secondary N) is 1. The maximum Gasteiger partial charge on any atom is 0.271 e. The van der Waals surface area contributed by atoms with Gasteiger partial charge >= 0.3 is 0 Å². The van der Waals surface area contributed by atoms with Crippen LogP contribution in [0.4, 0.5) is 0 Å². The molecular weight excluding hydrogens is 268 g/mol. The van der Waals surface area contributed by atoms with Gasteiger partial charge in [0.05, 0.1) is 6.54 Å². The van der Waals surface area contributed by atoms with Gasteiger partial charge in [-0.05, 0) is 30.4 Å². The number of rotatable bonds is 8. The fourth-order valence-corrected chi connectivity index (χ4v) is 2.26. The van der Waals surface area contributed by atoms with Gasteiger partial charge in [0.15, 0.2) is 0 Å². The molecule has 0 aliphatic heterocycles. The lowest BCUT2D eigenvalue weighted by molar-refractivity contribution is 0.234. The Morgan fingerprint density at radius 2 is 2.11 bits per heavy atom.